The van der Waals surface area contributed by atoms with Crippen molar-refractivity contribution < 1.29 is 14.6 Å². The molecule has 0 radical (unpaired) electrons. The van der Waals surface area contributed by atoms with Crippen LogP contribution in [0, 0.1) is 0 Å². The van der Waals surface area contributed by atoms with E-state index in [9.17, 15) is 4.79 Å². The summed E-state index contributed by atoms with van der Waals surface area (Å²) in [6, 6.07) is 0. The first kappa shape index (κ1) is 19.1. The maximum absolute atomic E-state index is 11.4. The predicted molar refractivity (Wildman–Crippen MR) is 80.7 cm³/mol. The molecule has 0 unspecified atom stereocenters. The Morgan fingerprint density at radius 1 is 1.20 bits per heavy atom. The van der Waals surface area contributed by atoms with E-state index in [1.54, 1.807) is 0 Å². The summed E-state index contributed by atoms with van der Waals surface area (Å²) in [7, 11) is 0. The molecule has 0 aromatic heterocycles. The van der Waals surface area contributed by atoms with Gasteiger partial charge in [0.25, 0.3) is 0 Å². The first-order chi connectivity index (χ1) is 9.39. The van der Waals surface area contributed by atoms with E-state index in [1.807, 2.05) is 20.8 Å². The van der Waals surface area contributed by atoms with Crippen LogP contribution in [0.4, 0.5) is 4.79 Å². The number of carbonyl (C=O) groups excluding carboxylic acids is 1. The van der Waals surface area contributed by atoms with Gasteiger partial charge >= 0.3 is 6.09 Å². The van der Waals surface area contributed by atoms with E-state index in [4.69, 9.17) is 15.6 Å². The van der Waals surface area contributed by atoms with Gasteiger partial charge in [-0.3, -0.25) is 0 Å². The van der Waals surface area contributed by atoms with Gasteiger partial charge in [-0.1, -0.05) is 0 Å². The fourth-order valence-electron chi connectivity index (χ4n) is 1.76. The first-order valence-electron chi connectivity index (χ1n) is 7.39. The van der Waals surface area contributed by atoms with Crippen LogP contribution in [0.15, 0.2) is 0 Å². The lowest BCUT2D eigenvalue weighted by Gasteiger charge is -2.22. The van der Waals surface area contributed by atoms with Crippen molar-refractivity contribution in [3.63, 3.8) is 0 Å². The van der Waals surface area contributed by atoms with Crippen molar-refractivity contribution in [2.45, 2.75) is 45.6 Å². The predicted octanol–water partition coefficient (Wildman–Crippen LogP) is 0.934. The molecule has 20 heavy (non-hydrogen) atoms. The molecule has 0 saturated heterocycles. The number of nitrogens with zero attached hydrogens (tertiary/aromatic N) is 1. The van der Waals surface area contributed by atoms with E-state index in [2.05, 4.69) is 10.2 Å². The quantitative estimate of drug-likeness (QED) is 0.521. The SMILES string of the molecule is CC(C)(C)OC(=O)NCCCN(CCO)CCCCN. The number of nitrogens with two attached hydrogens (primary N) is 1. The minimum Gasteiger partial charge on any atom is -0.444 e. The Morgan fingerprint density at radius 2 is 1.85 bits per heavy atom. The molecule has 0 heterocycles. The maximum atomic E-state index is 11.4. The number of alkyl carbamates (subject to hydrolysis) is 1. The Kier molecular flexibility index (Phi) is 10.4. The van der Waals surface area contributed by atoms with Crippen LogP contribution < -0.4 is 11.1 Å². The molecule has 0 saturated carbocycles. The fraction of sp³-hybridized carbons (Fsp3) is 0.929. The van der Waals surface area contributed by atoms with Crippen LogP contribution in [0.5, 0.6) is 0 Å². The van der Waals surface area contributed by atoms with Gasteiger partial charge < -0.3 is 25.8 Å². The molecular weight excluding hydrogens is 258 g/mol. The zero-order valence-electron chi connectivity index (χ0n) is 13.2. The Hall–Kier alpha value is -0.850. The third-order valence-corrected chi connectivity index (χ3v) is 2.66. The van der Waals surface area contributed by atoms with Gasteiger partial charge in [-0.2, -0.15) is 0 Å². The Bertz CT molecular complexity index is 255. The Labute approximate surface area is 122 Å². The molecule has 0 aliphatic heterocycles. The minimum absolute atomic E-state index is 0.155. The van der Waals surface area contributed by atoms with Crippen molar-refractivity contribution in [1.82, 2.24) is 10.2 Å². The average molecular weight is 289 g/mol. The number of unbranched alkanes of at least 4 members (excludes halogenated alkanes) is 1. The number of amides is 1. The van der Waals surface area contributed by atoms with Gasteiger partial charge in [0.05, 0.1) is 6.61 Å². The third kappa shape index (κ3) is 12.2. The summed E-state index contributed by atoms with van der Waals surface area (Å²) >= 11 is 0. The highest BCUT2D eigenvalue weighted by Crippen LogP contribution is 2.06. The molecule has 0 aromatic rings. The first-order valence-corrected chi connectivity index (χ1v) is 7.39. The standard InChI is InChI=1S/C14H31N3O3/c1-14(2,3)20-13(19)16-8-6-10-17(11-12-18)9-5-4-7-15/h18H,4-12,15H2,1-3H3,(H,16,19). The number of carbonyl (C=O) groups is 1. The molecule has 0 rings (SSSR count). The number of rotatable bonds is 10. The van der Waals surface area contributed by atoms with Gasteiger partial charge in [0.2, 0.25) is 0 Å². The molecule has 0 aromatic carbocycles. The van der Waals surface area contributed by atoms with Gasteiger partial charge in [-0.05, 0) is 59.7 Å². The van der Waals surface area contributed by atoms with Crippen LogP contribution in [0.1, 0.15) is 40.0 Å². The average Bonchev–Trinajstić information content (AvgIpc) is 2.32. The van der Waals surface area contributed by atoms with Crippen LogP contribution in [0.2, 0.25) is 0 Å². The molecule has 0 atom stereocenters. The largest absolute Gasteiger partial charge is 0.444 e. The zero-order valence-corrected chi connectivity index (χ0v) is 13.2. The van der Waals surface area contributed by atoms with Crippen LogP contribution in [0.3, 0.4) is 0 Å². The van der Waals surface area contributed by atoms with Gasteiger partial charge in [0.15, 0.2) is 0 Å². The number of hydrogen-bond donors (Lipinski definition) is 3. The Balaban J connectivity index is 3.74. The van der Waals surface area contributed by atoms with Crippen LogP contribution >= 0.6 is 0 Å². The van der Waals surface area contributed by atoms with Crippen LogP contribution in [-0.2, 0) is 4.74 Å². The van der Waals surface area contributed by atoms with Crippen LogP contribution in [0.25, 0.3) is 0 Å². The lowest BCUT2D eigenvalue weighted by atomic mass is 10.2. The van der Waals surface area contributed by atoms with Gasteiger partial charge in [-0.25, -0.2) is 4.79 Å². The van der Waals surface area contributed by atoms with E-state index in [-0.39, 0.29) is 12.7 Å². The van der Waals surface area contributed by atoms with Crippen molar-refractivity contribution in [3.05, 3.63) is 0 Å². The molecule has 0 aliphatic carbocycles. The molecular formula is C14H31N3O3. The summed E-state index contributed by atoms with van der Waals surface area (Å²) in [5.74, 6) is 0. The number of ether oxygens (including phenoxy) is 1. The van der Waals surface area contributed by atoms with Gasteiger partial charge in [0.1, 0.15) is 5.60 Å². The maximum Gasteiger partial charge on any atom is 0.407 e. The molecule has 0 aliphatic rings. The fourth-order valence-corrected chi connectivity index (χ4v) is 1.76. The highest BCUT2D eigenvalue weighted by Gasteiger charge is 2.15. The van der Waals surface area contributed by atoms with Crippen molar-refractivity contribution in [3.8, 4) is 0 Å². The monoisotopic (exact) mass is 289 g/mol. The molecule has 4 N–H and O–H groups in total. The molecule has 6 nitrogen and oxygen atoms in total. The summed E-state index contributed by atoms with van der Waals surface area (Å²) < 4.78 is 5.15. The zero-order chi connectivity index (χ0) is 15.4. The summed E-state index contributed by atoms with van der Waals surface area (Å²) in [5, 5.41) is 11.7. The Morgan fingerprint density at radius 3 is 2.40 bits per heavy atom. The molecule has 0 fully saturated rings. The molecule has 0 spiro atoms. The minimum atomic E-state index is -0.463. The second kappa shape index (κ2) is 10.9. The van der Waals surface area contributed by atoms with Crippen molar-refractivity contribution in [1.29, 1.82) is 0 Å². The highest BCUT2D eigenvalue weighted by atomic mass is 16.6. The number of nitrogens with one attached hydrogen (secondary N) is 1. The number of aliphatic hydroxyl groups excluding tert-OH is 1. The number of hydrogen-bond acceptors (Lipinski definition) is 5. The van der Waals surface area contributed by atoms with Gasteiger partial charge in [0, 0.05) is 13.1 Å². The lowest BCUT2D eigenvalue weighted by molar-refractivity contribution is 0.0525. The van der Waals surface area contributed by atoms with E-state index in [0.717, 1.165) is 32.4 Å². The van der Waals surface area contributed by atoms with E-state index < -0.39 is 5.60 Å². The topological polar surface area (TPSA) is 87.8 Å². The summed E-state index contributed by atoms with van der Waals surface area (Å²) in [5.41, 5.74) is 5.00. The van der Waals surface area contributed by atoms with Crippen LogP contribution in [-0.4, -0.2) is 61.0 Å². The lowest BCUT2D eigenvalue weighted by Crippen LogP contribution is -2.35. The smallest absolute Gasteiger partial charge is 0.407 e. The summed E-state index contributed by atoms with van der Waals surface area (Å²) in [6.07, 6.45) is 2.49. The molecule has 6 heteroatoms. The van der Waals surface area contributed by atoms with Crippen molar-refractivity contribution in [2.75, 3.05) is 39.3 Å². The summed E-state index contributed by atoms with van der Waals surface area (Å²) in [6.45, 7) is 9.40. The second-order valence-corrected chi connectivity index (χ2v) is 5.84. The van der Waals surface area contributed by atoms with Crippen molar-refractivity contribution >= 4 is 6.09 Å². The molecule has 1 amide bonds. The third-order valence-electron chi connectivity index (χ3n) is 2.66. The summed E-state index contributed by atoms with van der Waals surface area (Å²) in [4.78, 5) is 13.6. The van der Waals surface area contributed by atoms with E-state index in [1.165, 1.54) is 0 Å². The van der Waals surface area contributed by atoms with Gasteiger partial charge in [-0.15, -0.1) is 0 Å². The van der Waals surface area contributed by atoms with E-state index >= 15 is 0 Å². The van der Waals surface area contributed by atoms with E-state index in [0.29, 0.717) is 19.6 Å². The second-order valence-electron chi connectivity index (χ2n) is 5.84. The van der Waals surface area contributed by atoms with Crippen molar-refractivity contribution in [2.24, 2.45) is 5.73 Å². The molecule has 0 bridgehead atoms. The highest BCUT2D eigenvalue weighted by molar-refractivity contribution is 5.67. The number of aliphatic hydroxyl groups is 1. The normalized spacial score (nSPS) is 11.7. The molecule has 120 valence electrons.